The second-order valence-corrected chi connectivity index (χ2v) is 6.43. The van der Waals surface area contributed by atoms with Gasteiger partial charge in [0.15, 0.2) is 0 Å². The van der Waals surface area contributed by atoms with Gasteiger partial charge in [0.05, 0.1) is 11.3 Å². The van der Waals surface area contributed by atoms with Crippen molar-refractivity contribution in [3.05, 3.63) is 10.4 Å². The van der Waals surface area contributed by atoms with Gasteiger partial charge in [0.25, 0.3) is 11.8 Å². The third-order valence-corrected chi connectivity index (χ3v) is 5.14. The highest BCUT2D eigenvalue weighted by atomic mass is 32.1. The molecule has 116 valence electrons. The zero-order chi connectivity index (χ0) is 15.6. The number of rotatable bonds is 6. The molecule has 0 atom stereocenters. The predicted molar refractivity (Wildman–Crippen MR) is 85.9 cm³/mol. The van der Waals surface area contributed by atoms with Crippen LogP contribution in [-0.2, 0) is 0 Å². The molecule has 1 aromatic rings. The Kier molecular flexibility index (Phi) is 4.72. The van der Waals surface area contributed by atoms with Gasteiger partial charge in [0.2, 0.25) is 0 Å². The molecule has 0 bridgehead atoms. The van der Waals surface area contributed by atoms with E-state index in [4.69, 9.17) is 11.5 Å². The number of primary amides is 1. The van der Waals surface area contributed by atoms with Crippen LogP contribution in [-0.4, -0.2) is 32.0 Å². The largest absolute Gasteiger partial charge is 0.397 e. The Morgan fingerprint density at radius 2 is 2.10 bits per heavy atom. The number of thiophene rings is 1. The molecule has 7 heteroatoms. The summed E-state index contributed by atoms with van der Waals surface area (Å²) >= 11 is 1.24. The maximum atomic E-state index is 12.0. The highest BCUT2D eigenvalue weighted by molar-refractivity contribution is 7.19. The maximum Gasteiger partial charge on any atom is 0.263 e. The molecular weight excluding hydrogens is 288 g/mol. The van der Waals surface area contributed by atoms with Crippen molar-refractivity contribution in [2.75, 3.05) is 30.8 Å². The van der Waals surface area contributed by atoms with Gasteiger partial charge in [-0.3, -0.25) is 9.59 Å². The molecule has 6 nitrogen and oxygen atoms in total. The Balaban J connectivity index is 2.31. The van der Waals surface area contributed by atoms with E-state index in [0.29, 0.717) is 22.3 Å². The van der Waals surface area contributed by atoms with Gasteiger partial charge in [-0.2, -0.15) is 0 Å². The van der Waals surface area contributed by atoms with E-state index >= 15 is 0 Å². The average molecular weight is 310 g/mol. The van der Waals surface area contributed by atoms with Gasteiger partial charge in [-0.25, -0.2) is 0 Å². The highest BCUT2D eigenvalue weighted by Crippen LogP contribution is 2.39. The fourth-order valence-corrected chi connectivity index (χ4v) is 3.61. The summed E-state index contributed by atoms with van der Waals surface area (Å²) in [6.07, 6.45) is 3.68. The van der Waals surface area contributed by atoms with Crippen molar-refractivity contribution in [3.8, 4) is 0 Å². The number of anilines is 2. The molecule has 21 heavy (non-hydrogen) atoms. The molecule has 2 rings (SSSR count). The van der Waals surface area contributed by atoms with Gasteiger partial charge in [-0.05, 0) is 25.7 Å². The van der Waals surface area contributed by atoms with E-state index in [9.17, 15) is 9.59 Å². The molecule has 1 aromatic heterocycles. The third-order valence-electron chi connectivity index (χ3n) is 3.82. The van der Waals surface area contributed by atoms with Gasteiger partial charge < -0.3 is 21.7 Å². The first-order valence-corrected chi connectivity index (χ1v) is 7.98. The van der Waals surface area contributed by atoms with Crippen molar-refractivity contribution in [3.63, 3.8) is 0 Å². The zero-order valence-electron chi connectivity index (χ0n) is 12.4. The lowest BCUT2D eigenvalue weighted by Crippen LogP contribution is -2.30. The van der Waals surface area contributed by atoms with Crippen LogP contribution in [0.3, 0.4) is 0 Å². The molecule has 0 saturated heterocycles. The van der Waals surface area contributed by atoms with Crippen molar-refractivity contribution >= 4 is 33.8 Å². The number of nitrogens with one attached hydrogen (secondary N) is 1. The van der Waals surface area contributed by atoms with Crippen molar-refractivity contribution < 1.29 is 9.59 Å². The summed E-state index contributed by atoms with van der Waals surface area (Å²) in [5.41, 5.74) is 11.9. The minimum atomic E-state index is -0.588. The van der Waals surface area contributed by atoms with E-state index in [1.807, 2.05) is 18.9 Å². The lowest BCUT2D eigenvalue weighted by atomic mass is 9.85. The molecule has 1 aliphatic rings. The molecular formula is C14H22N4O2S. The molecule has 1 saturated carbocycles. The van der Waals surface area contributed by atoms with E-state index in [-0.39, 0.29) is 17.2 Å². The number of amides is 2. The standard InChI is InChI=1S/C14H22N4O2S/c1-3-17-13(20)11-10(15)9(12(16)19)14(21-11)18(2)7-8-5-4-6-8/h8H,3-7,15H2,1-2H3,(H2,16,19)(H,17,20). The molecule has 1 aliphatic carbocycles. The smallest absolute Gasteiger partial charge is 0.263 e. The molecule has 0 radical (unpaired) electrons. The molecule has 0 aromatic carbocycles. The van der Waals surface area contributed by atoms with Crippen LogP contribution < -0.4 is 21.7 Å². The summed E-state index contributed by atoms with van der Waals surface area (Å²) in [6.45, 7) is 3.20. The van der Waals surface area contributed by atoms with Crippen LogP contribution in [0.1, 0.15) is 46.2 Å². The molecule has 2 amide bonds. The Morgan fingerprint density at radius 1 is 1.43 bits per heavy atom. The summed E-state index contributed by atoms with van der Waals surface area (Å²) in [7, 11) is 1.91. The van der Waals surface area contributed by atoms with E-state index in [1.54, 1.807) is 0 Å². The summed E-state index contributed by atoms with van der Waals surface area (Å²) in [5.74, 6) is -0.201. The molecule has 0 unspecified atom stereocenters. The monoisotopic (exact) mass is 310 g/mol. The average Bonchev–Trinajstić information content (AvgIpc) is 2.71. The van der Waals surface area contributed by atoms with E-state index in [0.717, 1.165) is 6.54 Å². The Labute approximate surface area is 128 Å². The van der Waals surface area contributed by atoms with Gasteiger partial charge >= 0.3 is 0 Å². The van der Waals surface area contributed by atoms with Gasteiger partial charge in [-0.15, -0.1) is 11.3 Å². The minimum Gasteiger partial charge on any atom is -0.397 e. The summed E-state index contributed by atoms with van der Waals surface area (Å²) in [6, 6.07) is 0. The third kappa shape index (κ3) is 3.12. The normalized spacial score (nSPS) is 14.6. The van der Waals surface area contributed by atoms with E-state index < -0.39 is 5.91 Å². The molecule has 5 N–H and O–H groups in total. The van der Waals surface area contributed by atoms with Crippen molar-refractivity contribution in [2.24, 2.45) is 11.7 Å². The lowest BCUT2D eigenvalue weighted by molar-refractivity contribution is 0.0960. The fraction of sp³-hybridized carbons (Fsp3) is 0.571. The van der Waals surface area contributed by atoms with Crippen molar-refractivity contribution in [1.29, 1.82) is 0 Å². The second kappa shape index (κ2) is 6.34. The van der Waals surface area contributed by atoms with Crippen LogP contribution in [0.15, 0.2) is 0 Å². The van der Waals surface area contributed by atoms with Gasteiger partial charge in [0, 0.05) is 20.1 Å². The number of nitrogen functional groups attached to an aromatic ring is 1. The van der Waals surface area contributed by atoms with Crippen molar-refractivity contribution in [1.82, 2.24) is 5.32 Å². The topological polar surface area (TPSA) is 101 Å². The summed E-state index contributed by atoms with van der Waals surface area (Å²) in [5, 5.41) is 3.39. The number of hydrogen-bond donors (Lipinski definition) is 3. The number of carbonyl (C=O) groups is 2. The van der Waals surface area contributed by atoms with Crippen LogP contribution in [0.4, 0.5) is 10.7 Å². The Bertz CT molecular complexity index is 551. The van der Waals surface area contributed by atoms with E-state index in [1.165, 1.54) is 30.6 Å². The molecule has 0 spiro atoms. The Morgan fingerprint density at radius 3 is 2.57 bits per heavy atom. The first-order valence-electron chi connectivity index (χ1n) is 7.17. The minimum absolute atomic E-state index is 0.189. The summed E-state index contributed by atoms with van der Waals surface area (Å²) in [4.78, 5) is 26.1. The second-order valence-electron chi connectivity index (χ2n) is 5.43. The fourth-order valence-electron chi connectivity index (χ4n) is 2.49. The molecule has 1 heterocycles. The zero-order valence-corrected chi connectivity index (χ0v) is 13.3. The van der Waals surface area contributed by atoms with Crippen LogP contribution >= 0.6 is 11.3 Å². The number of carbonyl (C=O) groups excluding carboxylic acids is 2. The first kappa shape index (κ1) is 15.6. The van der Waals surface area contributed by atoms with Crippen molar-refractivity contribution in [2.45, 2.75) is 26.2 Å². The van der Waals surface area contributed by atoms with Crippen LogP contribution in [0.5, 0.6) is 0 Å². The Hall–Kier alpha value is -1.76. The van der Waals surface area contributed by atoms with Gasteiger partial charge in [0.1, 0.15) is 9.88 Å². The van der Waals surface area contributed by atoms with Gasteiger partial charge in [-0.1, -0.05) is 6.42 Å². The SMILES string of the molecule is CCNC(=O)c1sc(N(C)CC2CCC2)c(C(N)=O)c1N. The number of hydrogen-bond acceptors (Lipinski definition) is 5. The first-order chi connectivity index (χ1) is 9.95. The molecule has 1 fully saturated rings. The number of nitrogens with two attached hydrogens (primary N) is 2. The molecule has 0 aliphatic heterocycles. The predicted octanol–water partition coefficient (Wildman–Crippen LogP) is 1.42. The van der Waals surface area contributed by atoms with Crippen LogP contribution in [0, 0.1) is 5.92 Å². The van der Waals surface area contributed by atoms with Crippen LogP contribution in [0.25, 0.3) is 0 Å². The lowest BCUT2D eigenvalue weighted by Gasteiger charge is -2.30. The summed E-state index contributed by atoms with van der Waals surface area (Å²) < 4.78 is 0. The highest BCUT2D eigenvalue weighted by Gasteiger charge is 2.28. The number of nitrogens with zero attached hydrogens (tertiary/aromatic N) is 1. The van der Waals surface area contributed by atoms with E-state index in [2.05, 4.69) is 5.32 Å². The van der Waals surface area contributed by atoms with Crippen LogP contribution in [0.2, 0.25) is 0 Å². The maximum absolute atomic E-state index is 12.0. The quantitative estimate of drug-likeness (QED) is 0.739.